The van der Waals surface area contributed by atoms with E-state index in [4.69, 9.17) is 16.0 Å². The van der Waals surface area contributed by atoms with Gasteiger partial charge in [-0.1, -0.05) is 38.3 Å². The number of esters is 2. The fourth-order valence-electron chi connectivity index (χ4n) is 7.11. The van der Waals surface area contributed by atoms with Gasteiger partial charge in [0.25, 0.3) is 11.8 Å². The highest BCUT2D eigenvalue weighted by Crippen LogP contribution is 2.50. The van der Waals surface area contributed by atoms with Gasteiger partial charge >= 0.3 is 11.9 Å². The lowest BCUT2D eigenvalue weighted by Crippen LogP contribution is -2.40. The molecule has 0 radical (unpaired) electrons. The van der Waals surface area contributed by atoms with E-state index in [2.05, 4.69) is 17.8 Å². The van der Waals surface area contributed by atoms with Crippen molar-refractivity contribution in [3.63, 3.8) is 0 Å². The average molecular weight is 618 g/mol. The number of benzene rings is 6. The molecule has 6 aromatic rings. The number of nitriles is 1. The number of cyclic esters (lactones) is 2. The van der Waals surface area contributed by atoms with E-state index in [1.807, 2.05) is 0 Å². The summed E-state index contributed by atoms with van der Waals surface area (Å²) in [6.07, 6.45) is 4.30. The van der Waals surface area contributed by atoms with Crippen LogP contribution >= 0.6 is 0 Å². The Morgan fingerprint density at radius 1 is 0.745 bits per heavy atom. The molecule has 0 fully saturated rings. The molecule has 9 heteroatoms. The van der Waals surface area contributed by atoms with Gasteiger partial charge in [-0.15, -0.1) is 0 Å². The molecule has 2 aliphatic rings. The molecular formula is C38H23N3O6. The number of ether oxygens (including phenoxy) is 2. The Labute approximate surface area is 267 Å². The maximum atomic E-state index is 14.2. The number of carbonyl (C=O) groups excluding carboxylic acids is 4. The molecule has 8 rings (SSSR count). The lowest BCUT2D eigenvalue weighted by Gasteiger charge is -2.29. The van der Waals surface area contributed by atoms with Gasteiger partial charge in [0.15, 0.2) is 5.69 Å². The zero-order valence-corrected chi connectivity index (χ0v) is 25.1. The highest BCUT2D eigenvalue weighted by Gasteiger charge is 2.37. The van der Waals surface area contributed by atoms with Crippen molar-refractivity contribution >= 4 is 78.2 Å². The van der Waals surface area contributed by atoms with Crippen LogP contribution in [0, 0.1) is 17.9 Å². The summed E-state index contributed by atoms with van der Waals surface area (Å²) < 4.78 is 10.8. The highest BCUT2D eigenvalue weighted by atomic mass is 16.6. The first-order valence-electron chi connectivity index (χ1n) is 15.3. The molecule has 226 valence electrons. The zero-order chi connectivity index (χ0) is 32.6. The summed E-state index contributed by atoms with van der Waals surface area (Å²) in [4.78, 5) is 58.6. The van der Waals surface area contributed by atoms with E-state index in [0.717, 1.165) is 30.6 Å². The second-order valence-corrected chi connectivity index (χ2v) is 11.7. The van der Waals surface area contributed by atoms with Crippen molar-refractivity contribution in [3.8, 4) is 11.8 Å². The first-order valence-corrected chi connectivity index (χ1v) is 15.3. The maximum absolute atomic E-state index is 14.2. The van der Waals surface area contributed by atoms with Crippen molar-refractivity contribution < 1.29 is 28.7 Å². The Morgan fingerprint density at radius 2 is 1.40 bits per heavy atom. The van der Waals surface area contributed by atoms with Gasteiger partial charge in [0.05, 0.1) is 47.2 Å². The largest absolute Gasteiger partial charge is 0.494 e. The minimum Gasteiger partial charge on any atom is -0.494 e. The molecule has 9 nitrogen and oxygen atoms in total. The van der Waals surface area contributed by atoms with Crippen LogP contribution in [-0.4, -0.2) is 30.4 Å². The standard InChI is InChI=1S/C38H23N3O6/c1-3-4-5-6-15-46-21-9-7-20(8-10-21)41-35(42)24-13-11-23-32-28(40-2)17-27-31-25(37(44)47-38(27)45)14-12-22(34(31)32)29-19(18-39)16-26(36(41)43)30(24)33(23)29/h7-14,16-17H,3-6,15H2,1H3. The van der Waals surface area contributed by atoms with Crippen LogP contribution in [0.15, 0.2) is 60.7 Å². The third-order valence-electron chi connectivity index (χ3n) is 9.18. The quantitative estimate of drug-likeness (QED) is 0.0337. The maximum Gasteiger partial charge on any atom is 0.346 e. The van der Waals surface area contributed by atoms with Crippen LogP contribution < -0.4 is 9.64 Å². The van der Waals surface area contributed by atoms with Crippen LogP contribution in [0.3, 0.4) is 0 Å². The summed E-state index contributed by atoms with van der Waals surface area (Å²) in [5, 5.41) is 14.1. The van der Waals surface area contributed by atoms with Gasteiger partial charge in [-0.2, -0.15) is 5.26 Å². The number of amides is 2. The number of carbonyl (C=O) groups is 4. The monoisotopic (exact) mass is 617 g/mol. The minimum atomic E-state index is -0.851. The summed E-state index contributed by atoms with van der Waals surface area (Å²) >= 11 is 0. The molecular weight excluding hydrogens is 594 g/mol. The lowest BCUT2D eigenvalue weighted by atomic mass is 9.81. The van der Waals surface area contributed by atoms with Crippen LogP contribution in [0.4, 0.5) is 11.4 Å². The van der Waals surface area contributed by atoms with Crippen LogP contribution in [-0.2, 0) is 4.74 Å². The number of nitrogens with zero attached hydrogens (tertiary/aromatic N) is 3. The van der Waals surface area contributed by atoms with Crippen LogP contribution in [0.5, 0.6) is 5.75 Å². The predicted molar refractivity (Wildman–Crippen MR) is 176 cm³/mol. The molecule has 0 aromatic heterocycles. The molecule has 0 saturated heterocycles. The Balaban J connectivity index is 1.35. The van der Waals surface area contributed by atoms with Crippen molar-refractivity contribution in [3.05, 3.63) is 99.9 Å². The number of anilines is 1. The molecule has 0 atom stereocenters. The molecule has 2 heterocycles. The summed E-state index contributed by atoms with van der Waals surface area (Å²) in [5.74, 6) is -2.11. The van der Waals surface area contributed by atoms with Crippen LogP contribution in [0.25, 0.3) is 47.9 Å². The Kier molecular flexibility index (Phi) is 6.21. The Morgan fingerprint density at radius 3 is 2.13 bits per heavy atom. The van der Waals surface area contributed by atoms with Gasteiger partial charge in [0.2, 0.25) is 0 Å². The van der Waals surface area contributed by atoms with E-state index < -0.39 is 23.8 Å². The molecule has 2 aliphatic heterocycles. The van der Waals surface area contributed by atoms with E-state index >= 15 is 0 Å². The van der Waals surface area contributed by atoms with Gasteiger partial charge < -0.3 is 9.47 Å². The van der Waals surface area contributed by atoms with E-state index in [1.165, 1.54) is 18.2 Å². The molecule has 0 aliphatic carbocycles. The average Bonchev–Trinajstić information content (AvgIpc) is 3.09. The van der Waals surface area contributed by atoms with Gasteiger partial charge in [-0.3, -0.25) is 9.59 Å². The Hall–Kier alpha value is -6.32. The zero-order valence-electron chi connectivity index (χ0n) is 25.1. The highest BCUT2D eigenvalue weighted by molar-refractivity contribution is 6.45. The molecule has 6 aromatic carbocycles. The third kappa shape index (κ3) is 3.87. The number of hydrogen-bond acceptors (Lipinski definition) is 7. The SMILES string of the molecule is [C-]#[N+]c1cc2c3c(ccc4c5c(C#N)cc6c7c(ccc(c1c34)c75)C(=O)N(c1ccc(OCCCCCC)cc1)C6=O)C(=O)OC2=O. The predicted octanol–water partition coefficient (Wildman–Crippen LogP) is 8.23. The lowest BCUT2D eigenvalue weighted by molar-refractivity contribution is 0.0390. The minimum absolute atomic E-state index is 0.0904. The second-order valence-electron chi connectivity index (χ2n) is 11.7. The first-order chi connectivity index (χ1) is 22.9. The van der Waals surface area contributed by atoms with E-state index in [0.29, 0.717) is 61.1 Å². The number of rotatable bonds is 7. The Bertz CT molecular complexity index is 2500. The topological polar surface area (TPSA) is 118 Å². The van der Waals surface area contributed by atoms with E-state index in [9.17, 15) is 24.4 Å². The van der Waals surface area contributed by atoms with E-state index in [-0.39, 0.29) is 33.5 Å². The molecule has 0 bridgehead atoms. The molecule has 0 unspecified atom stereocenters. The number of imide groups is 1. The molecule has 0 spiro atoms. The molecule has 0 saturated carbocycles. The van der Waals surface area contributed by atoms with Crippen LogP contribution in [0.1, 0.15) is 79.6 Å². The molecule has 47 heavy (non-hydrogen) atoms. The first kappa shape index (κ1) is 28.2. The van der Waals surface area contributed by atoms with Gasteiger partial charge in [-0.05, 0) is 81.9 Å². The van der Waals surface area contributed by atoms with Crippen molar-refractivity contribution in [2.24, 2.45) is 0 Å². The summed E-state index contributed by atoms with van der Waals surface area (Å²) in [6.45, 7) is 10.7. The van der Waals surface area contributed by atoms with E-state index in [1.54, 1.807) is 42.5 Å². The fraction of sp³-hybridized carbons (Fsp3) is 0.158. The normalized spacial score (nSPS) is 13.9. The number of fused-ring (bicyclic) bond motifs is 2. The summed E-state index contributed by atoms with van der Waals surface area (Å²) in [7, 11) is 0. The molecule has 2 amide bonds. The number of hydrogen-bond donors (Lipinski definition) is 0. The summed E-state index contributed by atoms with van der Waals surface area (Å²) in [6, 6.07) is 18.5. The number of unbranched alkanes of at least 4 members (excludes halogenated alkanes) is 3. The summed E-state index contributed by atoms with van der Waals surface area (Å²) in [5.41, 5.74) is 1.42. The van der Waals surface area contributed by atoms with Crippen molar-refractivity contribution in [2.75, 3.05) is 11.5 Å². The van der Waals surface area contributed by atoms with Gasteiger partial charge in [-0.25, -0.2) is 19.3 Å². The fourth-order valence-corrected chi connectivity index (χ4v) is 7.11. The third-order valence-corrected chi connectivity index (χ3v) is 9.18. The van der Waals surface area contributed by atoms with Crippen LogP contribution in [0.2, 0.25) is 0 Å². The van der Waals surface area contributed by atoms with Crippen molar-refractivity contribution in [2.45, 2.75) is 32.6 Å². The second kappa shape index (κ2) is 10.4. The van der Waals surface area contributed by atoms with Crippen molar-refractivity contribution in [1.82, 2.24) is 0 Å². The van der Waals surface area contributed by atoms with Gasteiger partial charge in [0.1, 0.15) is 5.75 Å². The molecule has 0 N–H and O–H groups in total. The van der Waals surface area contributed by atoms with Gasteiger partial charge in [0, 0.05) is 21.7 Å². The van der Waals surface area contributed by atoms with Crippen molar-refractivity contribution in [1.29, 1.82) is 5.26 Å². The smallest absolute Gasteiger partial charge is 0.346 e.